The van der Waals surface area contributed by atoms with Gasteiger partial charge >= 0.3 is 0 Å². The van der Waals surface area contributed by atoms with Crippen LogP contribution in [0.25, 0.3) is 0 Å². The van der Waals surface area contributed by atoms with Gasteiger partial charge in [-0.3, -0.25) is 4.79 Å². The Labute approximate surface area is 109 Å². The summed E-state index contributed by atoms with van der Waals surface area (Å²) in [6.07, 6.45) is 4.20. The van der Waals surface area contributed by atoms with E-state index in [4.69, 9.17) is 0 Å². The molecule has 1 amide bonds. The number of hydrogen-bond acceptors (Lipinski definition) is 3. The van der Waals surface area contributed by atoms with Crippen molar-refractivity contribution in [1.29, 1.82) is 0 Å². The molecule has 0 aromatic rings. The number of nitrogens with one attached hydrogen (secondary N) is 2. The quantitative estimate of drug-likeness (QED) is 0.676. The van der Waals surface area contributed by atoms with Crippen LogP contribution in [-0.2, 0) is 14.6 Å². The smallest absolute Gasteiger partial charge is 0.278 e. The van der Waals surface area contributed by atoms with E-state index in [2.05, 4.69) is 5.32 Å². The molecule has 0 aromatic carbocycles. The Bertz CT molecular complexity index is 402. The van der Waals surface area contributed by atoms with Crippen molar-refractivity contribution >= 4 is 15.7 Å². The topological polar surface area (TPSA) is 67.7 Å². The molecule has 0 radical (unpaired) electrons. The maximum atomic E-state index is 12.1. The fraction of sp³-hybridized carbons (Fsp3) is 0.917. The van der Waals surface area contributed by atoms with Gasteiger partial charge in [0.15, 0.2) is 15.9 Å². The van der Waals surface area contributed by atoms with Gasteiger partial charge < -0.3 is 10.2 Å². The summed E-state index contributed by atoms with van der Waals surface area (Å²) in [5, 5.41) is 2.89. The summed E-state index contributed by atoms with van der Waals surface area (Å²) >= 11 is 0. The van der Waals surface area contributed by atoms with E-state index in [9.17, 15) is 13.2 Å². The Kier molecular flexibility index (Phi) is 4.27. The van der Waals surface area contributed by atoms with Crippen LogP contribution in [0.1, 0.15) is 32.6 Å². The molecule has 0 aromatic heterocycles. The second kappa shape index (κ2) is 5.57. The van der Waals surface area contributed by atoms with Gasteiger partial charge in [-0.05, 0) is 32.6 Å². The summed E-state index contributed by atoms with van der Waals surface area (Å²) in [5.41, 5.74) is 0. The second-order valence-electron chi connectivity index (χ2n) is 5.55. The summed E-state index contributed by atoms with van der Waals surface area (Å²) < 4.78 is 22.7. The molecular weight excluding hydrogens is 252 g/mol. The van der Waals surface area contributed by atoms with Crippen molar-refractivity contribution in [2.24, 2.45) is 0 Å². The number of amides is 1. The van der Waals surface area contributed by atoms with Gasteiger partial charge in [0, 0.05) is 6.04 Å². The number of carbonyl (C=O) groups is 1. The van der Waals surface area contributed by atoms with Gasteiger partial charge in [-0.15, -0.1) is 0 Å². The third-order valence-electron chi connectivity index (χ3n) is 4.08. The van der Waals surface area contributed by atoms with E-state index in [-0.39, 0.29) is 29.5 Å². The number of rotatable bonds is 3. The normalized spacial score (nSPS) is 29.9. The minimum atomic E-state index is -2.91. The first kappa shape index (κ1) is 13.8. The standard InChI is InChI=1S/C12H22N2O3S/c1-10(14-6-3-2-4-7-14)12(15)13-11-5-8-18(16,17)9-11/h10-11H,2-9H2,1H3,(H,13,15)/p+1/t10-,11-/m0/s1. The average Bonchev–Trinajstić information content (AvgIpc) is 2.68. The molecule has 6 heteroatoms. The molecule has 2 N–H and O–H groups in total. The first-order valence-corrected chi connectivity index (χ1v) is 8.65. The van der Waals surface area contributed by atoms with Gasteiger partial charge in [-0.1, -0.05) is 0 Å². The van der Waals surface area contributed by atoms with Crippen molar-refractivity contribution in [3.8, 4) is 0 Å². The molecule has 5 nitrogen and oxygen atoms in total. The molecule has 0 saturated carbocycles. The molecule has 2 aliphatic heterocycles. The van der Waals surface area contributed by atoms with Crippen molar-refractivity contribution in [2.75, 3.05) is 24.6 Å². The predicted molar refractivity (Wildman–Crippen MR) is 69.2 cm³/mol. The lowest BCUT2D eigenvalue weighted by molar-refractivity contribution is -0.918. The summed E-state index contributed by atoms with van der Waals surface area (Å²) in [7, 11) is -2.91. The number of sulfone groups is 1. The summed E-state index contributed by atoms with van der Waals surface area (Å²) in [4.78, 5) is 13.4. The van der Waals surface area contributed by atoms with Gasteiger partial charge in [-0.25, -0.2) is 8.42 Å². The zero-order chi connectivity index (χ0) is 13.2. The van der Waals surface area contributed by atoms with E-state index >= 15 is 0 Å². The Morgan fingerprint density at radius 3 is 2.50 bits per heavy atom. The van der Waals surface area contributed by atoms with Gasteiger partial charge in [0.25, 0.3) is 5.91 Å². The molecule has 2 fully saturated rings. The molecule has 104 valence electrons. The van der Waals surface area contributed by atoms with E-state index in [1.54, 1.807) is 0 Å². The molecule has 0 spiro atoms. The Balaban J connectivity index is 1.84. The van der Waals surface area contributed by atoms with E-state index in [1.165, 1.54) is 24.2 Å². The van der Waals surface area contributed by atoms with Crippen LogP contribution >= 0.6 is 0 Å². The predicted octanol–water partition coefficient (Wildman–Crippen LogP) is -1.25. The molecule has 2 rings (SSSR count). The second-order valence-corrected chi connectivity index (χ2v) is 7.78. The molecule has 0 aliphatic carbocycles. The minimum absolute atomic E-state index is 0.00833. The number of hydrogen-bond donors (Lipinski definition) is 2. The van der Waals surface area contributed by atoms with E-state index in [0.29, 0.717) is 6.42 Å². The van der Waals surface area contributed by atoms with Crippen LogP contribution in [0.4, 0.5) is 0 Å². The fourth-order valence-corrected chi connectivity index (χ4v) is 4.53. The Morgan fingerprint density at radius 1 is 1.28 bits per heavy atom. The largest absolute Gasteiger partial charge is 0.347 e. The molecule has 2 heterocycles. The molecular formula is C12H23N2O3S+. The molecule has 0 unspecified atom stereocenters. The average molecular weight is 275 g/mol. The van der Waals surface area contributed by atoms with Gasteiger partial charge in [0.1, 0.15) is 0 Å². The molecule has 2 atom stereocenters. The summed E-state index contributed by atoms with van der Waals surface area (Å²) in [5.74, 6) is 0.331. The highest BCUT2D eigenvalue weighted by atomic mass is 32.2. The van der Waals surface area contributed by atoms with Crippen LogP contribution in [-0.4, -0.2) is 51.0 Å². The van der Waals surface area contributed by atoms with Gasteiger partial charge in [0.2, 0.25) is 0 Å². The lowest BCUT2D eigenvalue weighted by Crippen LogP contribution is -3.17. The zero-order valence-electron chi connectivity index (χ0n) is 10.9. The molecule has 0 bridgehead atoms. The lowest BCUT2D eigenvalue weighted by atomic mass is 10.1. The highest BCUT2D eigenvalue weighted by Crippen LogP contribution is 2.11. The third kappa shape index (κ3) is 3.45. The van der Waals surface area contributed by atoms with Crippen LogP contribution in [0.2, 0.25) is 0 Å². The summed E-state index contributed by atoms with van der Waals surface area (Å²) in [6.45, 7) is 4.05. The zero-order valence-corrected chi connectivity index (χ0v) is 11.8. The van der Waals surface area contributed by atoms with E-state index in [0.717, 1.165) is 13.1 Å². The van der Waals surface area contributed by atoms with Crippen molar-refractivity contribution in [2.45, 2.75) is 44.7 Å². The SMILES string of the molecule is C[C@@H](C(=O)N[C@H]1CCS(=O)(=O)C1)[NH+]1CCCCC1. The van der Waals surface area contributed by atoms with Crippen LogP contribution in [0, 0.1) is 0 Å². The van der Waals surface area contributed by atoms with Crippen molar-refractivity contribution < 1.29 is 18.1 Å². The van der Waals surface area contributed by atoms with Gasteiger partial charge in [-0.2, -0.15) is 0 Å². The fourth-order valence-electron chi connectivity index (χ4n) is 2.86. The Hall–Kier alpha value is -0.620. The molecule has 2 aliphatic rings. The van der Waals surface area contributed by atoms with Gasteiger partial charge in [0.05, 0.1) is 24.6 Å². The third-order valence-corrected chi connectivity index (χ3v) is 5.85. The highest BCUT2D eigenvalue weighted by molar-refractivity contribution is 7.91. The van der Waals surface area contributed by atoms with Crippen molar-refractivity contribution in [3.63, 3.8) is 0 Å². The maximum Gasteiger partial charge on any atom is 0.278 e. The molecule has 2 saturated heterocycles. The first-order chi connectivity index (χ1) is 8.48. The number of quaternary nitrogens is 1. The van der Waals surface area contributed by atoms with Crippen LogP contribution in [0.3, 0.4) is 0 Å². The van der Waals surface area contributed by atoms with E-state index in [1.807, 2.05) is 6.92 Å². The number of carbonyl (C=O) groups excluding carboxylic acids is 1. The summed E-state index contributed by atoms with van der Waals surface area (Å²) in [6, 6.07) is -0.234. The maximum absolute atomic E-state index is 12.1. The van der Waals surface area contributed by atoms with Crippen LogP contribution in [0.15, 0.2) is 0 Å². The lowest BCUT2D eigenvalue weighted by Gasteiger charge is -2.29. The van der Waals surface area contributed by atoms with Crippen LogP contribution < -0.4 is 10.2 Å². The number of piperidine rings is 1. The van der Waals surface area contributed by atoms with Crippen LogP contribution in [0.5, 0.6) is 0 Å². The monoisotopic (exact) mass is 275 g/mol. The van der Waals surface area contributed by atoms with E-state index < -0.39 is 9.84 Å². The minimum Gasteiger partial charge on any atom is -0.347 e. The Morgan fingerprint density at radius 2 is 1.94 bits per heavy atom. The first-order valence-electron chi connectivity index (χ1n) is 6.83. The number of likely N-dealkylation sites (tertiary alicyclic amines) is 1. The van der Waals surface area contributed by atoms with Crippen molar-refractivity contribution in [3.05, 3.63) is 0 Å². The molecule has 18 heavy (non-hydrogen) atoms. The van der Waals surface area contributed by atoms with Crippen molar-refractivity contribution in [1.82, 2.24) is 5.32 Å². The highest BCUT2D eigenvalue weighted by Gasteiger charge is 2.32.